The summed E-state index contributed by atoms with van der Waals surface area (Å²) in [7, 11) is 0. The maximum absolute atomic E-state index is 11.5. The van der Waals surface area contributed by atoms with E-state index in [1.807, 2.05) is 24.3 Å². The van der Waals surface area contributed by atoms with E-state index in [0.717, 1.165) is 41.0 Å². The van der Waals surface area contributed by atoms with E-state index in [1.54, 1.807) is 24.3 Å². The molecule has 0 saturated heterocycles. The molecule has 6 N–H and O–H groups in total. The predicted molar refractivity (Wildman–Crippen MR) is 138 cm³/mol. The van der Waals surface area contributed by atoms with Gasteiger partial charge in [0.1, 0.15) is 5.82 Å². The van der Waals surface area contributed by atoms with Crippen LogP contribution >= 0.6 is 0 Å². The summed E-state index contributed by atoms with van der Waals surface area (Å²) in [6, 6.07) is 19.0. The van der Waals surface area contributed by atoms with Gasteiger partial charge in [-0.3, -0.25) is 0 Å². The quantitative estimate of drug-likeness (QED) is 0.254. The minimum atomic E-state index is -0.951. The van der Waals surface area contributed by atoms with Gasteiger partial charge in [0.25, 0.3) is 0 Å². The third-order valence-corrected chi connectivity index (χ3v) is 6.76. The van der Waals surface area contributed by atoms with E-state index < -0.39 is 5.97 Å². The van der Waals surface area contributed by atoms with Crippen molar-refractivity contribution in [1.82, 2.24) is 9.55 Å². The van der Waals surface area contributed by atoms with E-state index in [1.165, 1.54) is 19.3 Å². The molecule has 0 bridgehead atoms. The van der Waals surface area contributed by atoms with Gasteiger partial charge in [-0.15, -0.1) is 0 Å². The fourth-order valence-corrected chi connectivity index (χ4v) is 4.98. The van der Waals surface area contributed by atoms with E-state index in [-0.39, 0.29) is 5.56 Å². The number of carboxylic acid groups (broad SMARTS) is 1. The van der Waals surface area contributed by atoms with E-state index in [4.69, 9.17) is 26.5 Å². The number of hydrogen-bond acceptors (Lipinski definition) is 7. The number of rotatable bonds is 8. The third-order valence-electron chi connectivity index (χ3n) is 6.76. The maximum atomic E-state index is 11.5. The Morgan fingerprint density at radius 1 is 1.00 bits per heavy atom. The molecule has 3 aromatic carbocycles. The molecular weight excluding hydrogens is 458 g/mol. The van der Waals surface area contributed by atoms with E-state index in [0.29, 0.717) is 29.6 Å². The lowest BCUT2D eigenvalue weighted by atomic mass is 9.94. The molecule has 9 nitrogen and oxygen atoms in total. The van der Waals surface area contributed by atoms with E-state index in [2.05, 4.69) is 22.0 Å². The van der Waals surface area contributed by atoms with Crippen molar-refractivity contribution < 1.29 is 19.6 Å². The van der Waals surface area contributed by atoms with Crippen LogP contribution in [-0.4, -0.2) is 20.6 Å². The van der Waals surface area contributed by atoms with Gasteiger partial charge in [0.15, 0.2) is 11.5 Å². The second kappa shape index (κ2) is 10.3. The third kappa shape index (κ3) is 4.71. The highest BCUT2D eigenvalue weighted by atomic mass is 16.7. The average Bonchev–Trinajstić information content (AvgIpc) is 3.31. The molecule has 0 spiro atoms. The van der Waals surface area contributed by atoms with Crippen LogP contribution in [0.2, 0.25) is 0 Å². The highest BCUT2D eigenvalue weighted by molar-refractivity contribution is 5.93. The second-order valence-corrected chi connectivity index (χ2v) is 9.06. The van der Waals surface area contributed by atoms with Crippen LogP contribution in [0.3, 0.4) is 0 Å². The number of carboxylic acids is 1. The van der Waals surface area contributed by atoms with Gasteiger partial charge in [-0.05, 0) is 54.8 Å². The van der Waals surface area contributed by atoms with Gasteiger partial charge in [-0.2, -0.15) is 11.8 Å². The predicted octanol–water partition coefficient (Wildman–Crippen LogP) is 5.02. The van der Waals surface area contributed by atoms with Gasteiger partial charge in [0.2, 0.25) is 0 Å². The van der Waals surface area contributed by atoms with Crippen molar-refractivity contribution in [3.05, 3.63) is 71.8 Å². The van der Waals surface area contributed by atoms with Crippen molar-refractivity contribution in [3.8, 4) is 22.9 Å². The molecule has 9 heteroatoms. The van der Waals surface area contributed by atoms with Crippen LogP contribution < -0.4 is 26.8 Å². The lowest BCUT2D eigenvalue weighted by Gasteiger charge is -2.25. The maximum Gasteiger partial charge on any atom is 0.335 e. The Labute approximate surface area is 208 Å². The number of nitrogens with two attached hydrogens (primary N) is 2. The SMILES string of the molecule is NOc1ccc(NCc2cccc(-c3nc4cc(C(=O)O)ccc4n3C3CCCCC3)c2)cc1ON. The Morgan fingerprint density at radius 2 is 1.81 bits per heavy atom. The van der Waals surface area contributed by atoms with Crippen LogP contribution in [-0.2, 0) is 6.54 Å². The Hall–Kier alpha value is -4.08. The molecule has 0 atom stereocenters. The van der Waals surface area contributed by atoms with Crippen molar-refractivity contribution >= 4 is 22.7 Å². The molecule has 1 aromatic heterocycles. The minimum Gasteiger partial charge on any atom is -0.478 e. The van der Waals surface area contributed by atoms with E-state index in [9.17, 15) is 9.90 Å². The molecule has 1 aliphatic rings. The van der Waals surface area contributed by atoms with Crippen LogP contribution in [0.4, 0.5) is 5.69 Å². The molecule has 1 fully saturated rings. The Bertz CT molecular complexity index is 1390. The number of aromatic carboxylic acids is 1. The molecule has 1 aliphatic carbocycles. The molecule has 4 aromatic rings. The zero-order valence-corrected chi connectivity index (χ0v) is 19.8. The Kier molecular flexibility index (Phi) is 6.75. The molecule has 5 rings (SSSR count). The van der Waals surface area contributed by atoms with Gasteiger partial charge < -0.3 is 24.7 Å². The zero-order chi connectivity index (χ0) is 25.1. The smallest absolute Gasteiger partial charge is 0.335 e. The Morgan fingerprint density at radius 3 is 2.56 bits per heavy atom. The number of fused-ring (bicyclic) bond motifs is 1. The molecule has 0 unspecified atom stereocenters. The van der Waals surface area contributed by atoms with E-state index >= 15 is 0 Å². The van der Waals surface area contributed by atoms with Gasteiger partial charge >= 0.3 is 5.97 Å². The number of hydrogen-bond donors (Lipinski definition) is 4. The van der Waals surface area contributed by atoms with Crippen LogP contribution in [0.25, 0.3) is 22.4 Å². The van der Waals surface area contributed by atoms with Gasteiger partial charge in [-0.1, -0.05) is 37.5 Å². The number of imidazole rings is 1. The van der Waals surface area contributed by atoms with Crippen molar-refractivity contribution in [3.63, 3.8) is 0 Å². The van der Waals surface area contributed by atoms with Crippen LogP contribution in [0, 0.1) is 0 Å². The summed E-state index contributed by atoms with van der Waals surface area (Å²) in [5.74, 6) is 11.1. The molecule has 1 heterocycles. The van der Waals surface area contributed by atoms with Gasteiger partial charge in [0, 0.05) is 29.9 Å². The summed E-state index contributed by atoms with van der Waals surface area (Å²) < 4.78 is 2.31. The van der Waals surface area contributed by atoms with Crippen LogP contribution in [0.15, 0.2) is 60.7 Å². The lowest BCUT2D eigenvalue weighted by Crippen LogP contribution is -2.14. The highest BCUT2D eigenvalue weighted by Crippen LogP contribution is 2.36. The molecule has 36 heavy (non-hydrogen) atoms. The first-order valence-electron chi connectivity index (χ1n) is 12.0. The van der Waals surface area contributed by atoms with Crippen molar-refractivity contribution in [2.24, 2.45) is 11.8 Å². The number of nitrogens with zero attached hydrogens (tertiary/aromatic N) is 2. The summed E-state index contributed by atoms with van der Waals surface area (Å²) in [5, 5.41) is 12.8. The standard InChI is InChI=1S/C27H29N5O4/c28-35-24-12-10-20(15-25(24)36-29)30-16-17-5-4-6-18(13-17)26-31-22-14-19(27(33)34)9-11-23(22)32(26)21-7-2-1-3-8-21/h4-6,9-15,21,30H,1-3,7-8,16,28-29H2,(H,33,34). The van der Waals surface area contributed by atoms with Crippen LogP contribution in [0.5, 0.6) is 11.5 Å². The number of aromatic nitrogens is 2. The minimum absolute atomic E-state index is 0.243. The molecule has 0 aliphatic heterocycles. The summed E-state index contributed by atoms with van der Waals surface area (Å²) in [6.07, 6.45) is 5.80. The van der Waals surface area contributed by atoms with Gasteiger partial charge in [0.05, 0.1) is 16.6 Å². The normalized spacial score (nSPS) is 14.1. The molecule has 1 saturated carbocycles. The monoisotopic (exact) mass is 487 g/mol. The number of anilines is 1. The van der Waals surface area contributed by atoms with Crippen molar-refractivity contribution in [1.29, 1.82) is 0 Å². The van der Waals surface area contributed by atoms with Crippen molar-refractivity contribution in [2.75, 3.05) is 5.32 Å². The summed E-state index contributed by atoms with van der Waals surface area (Å²) in [4.78, 5) is 26.1. The largest absolute Gasteiger partial charge is 0.478 e. The zero-order valence-electron chi connectivity index (χ0n) is 19.8. The number of benzene rings is 3. The first-order valence-corrected chi connectivity index (χ1v) is 12.0. The lowest BCUT2D eigenvalue weighted by molar-refractivity contribution is 0.0697. The second-order valence-electron chi connectivity index (χ2n) is 9.06. The first-order chi connectivity index (χ1) is 17.6. The van der Waals surface area contributed by atoms with Crippen LogP contribution in [0.1, 0.15) is 54.1 Å². The fourth-order valence-electron chi connectivity index (χ4n) is 4.98. The fraction of sp³-hybridized carbons (Fsp3) is 0.259. The summed E-state index contributed by atoms with van der Waals surface area (Å²) in [6.45, 7) is 0.563. The van der Waals surface area contributed by atoms with Crippen molar-refractivity contribution in [2.45, 2.75) is 44.7 Å². The average molecular weight is 488 g/mol. The molecule has 0 amide bonds. The molecular formula is C27H29N5O4. The summed E-state index contributed by atoms with van der Waals surface area (Å²) in [5.41, 5.74) is 4.78. The van der Waals surface area contributed by atoms with Gasteiger partial charge in [-0.25, -0.2) is 9.78 Å². The molecule has 0 radical (unpaired) electrons. The highest BCUT2D eigenvalue weighted by Gasteiger charge is 2.23. The number of carbonyl (C=O) groups is 1. The summed E-state index contributed by atoms with van der Waals surface area (Å²) >= 11 is 0. The topological polar surface area (TPSA) is 138 Å². The molecule has 186 valence electrons. The Balaban J connectivity index is 1.48. The first kappa shape index (κ1) is 23.7. The number of nitrogens with one attached hydrogen (secondary N) is 1.